The zero-order valence-corrected chi connectivity index (χ0v) is 14.0. The molecule has 0 spiro atoms. The summed E-state index contributed by atoms with van der Waals surface area (Å²) in [5.41, 5.74) is 0.747. The predicted octanol–water partition coefficient (Wildman–Crippen LogP) is 3.47. The van der Waals surface area contributed by atoms with Gasteiger partial charge in [-0.3, -0.25) is 4.79 Å². The molecule has 1 saturated heterocycles. The Hall–Kier alpha value is -2.82. The molecule has 5 nitrogen and oxygen atoms in total. The molecule has 3 heterocycles. The number of anilines is 1. The van der Waals surface area contributed by atoms with Crippen molar-refractivity contribution in [3.8, 4) is 0 Å². The van der Waals surface area contributed by atoms with Gasteiger partial charge in [-0.25, -0.2) is 4.98 Å². The van der Waals surface area contributed by atoms with Crippen LogP contribution in [0.15, 0.2) is 59.1 Å². The van der Waals surface area contributed by atoms with Gasteiger partial charge in [-0.2, -0.15) is 0 Å². The number of benzene rings is 1. The molecule has 1 fully saturated rings. The summed E-state index contributed by atoms with van der Waals surface area (Å²) in [5.74, 6) is 1.77. The molecule has 5 heteroatoms. The van der Waals surface area contributed by atoms with Crippen LogP contribution in [0.2, 0.25) is 0 Å². The van der Waals surface area contributed by atoms with Crippen molar-refractivity contribution in [2.75, 3.05) is 24.5 Å². The first kappa shape index (κ1) is 15.7. The van der Waals surface area contributed by atoms with E-state index < -0.39 is 0 Å². The van der Waals surface area contributed by atoms with Gasteiger partial charge in [-0.05, 0) is 43.0 Å². The van der Waals surface area contributed by atoms with E-state index in [0.717, 1.165) is 42.7 Å². The van der Waals surface area contributed by atoms with Crippen LogP contribution >= 0.6 is 0 Å². The minimum absolute atomic E-state index is 0.136. The molecule has 4 rings (SSSR count). The smallest absolute Gasteiger partial charge is 0.287 e. The highest BCUT2D eigenvalue weighted by Crippen LogP contribution is 2.22. The van der Waals surface area contributed by atoms with Crippen LogP contribution in [-0.4, -0.2) is 30.5 Å². The van der Waals surface area contributed by atoms with Gasteiger partial charge in [0.2, 0.25) is 0 Å². The predicted molar refractivity (Wildman–Crippen MR) is 97.7 cm³/mol. The number of aromatic nitrogens is 1. The molecule has 1 aliphatic rings. The molecule has 0 bridgehead atoms. The maximum atomic E-state index is 12.3. The van der Waals surface area contributed by atoms with Gasteiger partial charge in [0.15, 0.2) is 5.76 Å². The van der Waals surface area contributed by atoms with Gasteiger partial charge in [0.1, 0.15) is 11.4 Å². The number of para-hydroxylation sites is 1. The summed E-state index contributed by atoms with van der Waals surface area (Å²) in [6.45, 7) is 2.64. The van der Waals surface area contributed by atoms with E-state index in [0.29, 0.717) is 18.2 Å². The summed E-state index contributed by atoms with van der Waals surface area (Å²) in [5, 5.41) is 3.97. The van der Waals surface area contributed by atoms with Crippen molar-refractivity contribution in [3.05, 3.63) is 60.5 Å². The Morgan fingerprint density at radius 3 is 2.72 bits per heavy atom. The van der Waals surface area contributed by atoms with Crippen molar-refractivity contribution < 1.29 is 9.21 Å². The second kappa shape index (κ2) is 6.97. The van der Waals surface area contributed by atoms with Crippen molar-refractivity contribution >= 4 is 22.7 Å². The van der Waals surface area contributed by atoms with Crippen molar-refractivity contribution in [3.63, 3.8) is 0 Å². The number of rotatable bonds is 4. The zero-order valence-electron chi connectivity index (χ0n) is 14.0. The topological polar surface area (TPSA) is 58.4 Å². The van der Waals surface area contributed by atoms with E-state index in [9.17, 15) is 4.79 Å². The maximum absolute atomic E-state index is 12.3. The number of amides is 1. The summed E-state index contributed by atoms with van der Waals surface area (Å²) in [7, 11) is 0. The molecule has 1 N–H and O–H groups in total. The Bertz CT molecular complexity index is 819. The van der Waals surface area contributed by atoms with E-state index in [1.165, 1.54) is 0 Å². The number of carbonyl (C=O) groups is 1. The Morgan fingerprint density at radius 2 is 1.96 bits per heavy atom. The normalized spacial score (nSPS) is 15.4. The number of nitrogens with zero attached hydrogens (tertiary/aromatic N) is 2. The van der Waals surface area contributed by atoms with Gasteiger partial charge in [-0.1, -0.05) is 24.3 Å². The first-order valence-corrected chi connectivity index (χ1v) is 8.72. The number of pyridine rings is 1. The number of hydrogen-bond acceptors (Lipinski definition) is 4. The average molecular weight is 335 g/mol. The molecule has 0 unspecified atom stereocenters. The lowest BCUT2D eigenvalue weighted by molar-refractivity contribution is 0.0919. The quantitative estimate of drug-likeness (QED) is 0.793. The van der Waals surface area contributed by atoms with Crippen LogP contribution in [0.5, 0.6) is 0 Å². The van der Waals surface area contributed by atoms with Gasteiger partial charge in [0, 0.05) is 31.2 Å². The molecular weight excluding hydrogens is 314 g/mol. The highest BCUT2D eigenvalue weighted by atomic mass is 16.3. The van der Waals surface area contributed by atoms with Crippen molar-refractivity contribution in [1.29, 1.82) is 0 Å². The lowest BCUT2D eigenvalue weighted by atomic mass is 9.96. The fourth-order valence-electron chi connectivity index (χ4n) is 3.32. The first-order chi connectivity index (χ1) is 12.3. The van der Waals surface area contributed by atoms with Crippen LogP contribution < -0.4 is 10.2 Å². The second-order valence-electron chi connectivity index (χ2n) is 6.48. The van der Waals surface area contributed by atoms with Crippen LogP contribution in [-0.2, 0) is 0 Å². The van der Waals surface area contributed by atoms with Gasteiger partial charge in [0.05, 0.1) is 0 Å². The monoisotopic (exact) mass is 335 g/mol. The van der Waals surface area contributed by atoms with Crippen LogP contribution in [0, 0.1) is 5.92 Å². The standard InChI is InChI=1S/C20H21N3O2/c24-20(18-13-16-5-1-2-6-17(16)25-18)22-14-15-8-11-23(12-9-15)19-7-3-4-10-21-19/h1-7,10,13,15H,8-9,11-12,14H2,(H,22,24). The third-order valence-corrected chi connectivity index (χ3v) is 4.79. The third-order valence-electron chi connectivity index (χ3n) is 4.79. The van der Waals surface area contributed by atoms with Crippen molar-refractivity contribution in [2.24, 2.45) is 5.92 Å². The highest BCUT2D eigenvalue weighted by Gasteiger charge is 2.21. The van der Waals surface area contributed by atoms with E-state index in [1.54, 1.807) is 6.07 Å². The summed E-state index contributed by atoms with van der Waals surface area (Å²) in [6, 6.07) is 15.5. The van der Waals surface area contributed by atoms with E-state index in [2.05, 4.69) is 15.2 Å². The van der Waals surface area contributed by atoms with E-state index in [-0.39, 0.29) is 5.91 Å². The van der Waals surface area contributed by atoms with Gasteiger partial charge in [-0.15, -0.1) is 0 Å². The molecule has 1 aliphatic heterocycles. The van der Waals surface area contributed by atoms with Crippen LogP contribution in [0.4, 0.5) is 5.82 Å². The fraction of sp³-hybridized carbons (Fsp3) is 0.300. The molecule has 3 aromatic rings. The first-order valence-electron chi connectivity index (χ1n) is 8.72. The minimum atomic E-state index is -0.136. The Labute approximate surface area is 146 Å². The van der Waals surface area contributed by atoms with Gasteiger partial charge in [0.25, 0.3) is 5.91 Å². The molecular formula is C20H21N3O2. The van der Waals surface area contributed by atoms with Crippen molar-refractivity contribution in [1.82, 2.24) is 10.3 Å². The molecule has 0 aliphatic carbocycles. The molecule has 0 atom stereocenters. The van der Waals surface area contributed by atoms with Gasteiger partial charge >= 0.3 is 0 Å². The summed E-state index contributed by atoms with van der Waals surface area (Å²) >= 11 is 0. The molecule has 128 valence electrons. The molecule has 0 saturated carbocycles. The number of hydrogen-bond donors (Lipinski definition) is 1. The number of fused-ring (bicyclic) bond motifs is 1. The Morgan fingerprint density at radius 1 is 1.16 bits per heavy atom. The summed E-state index contributed by atoms with van der Waals surface area (Å²) < 4.78 is 5.62. The van der Waals surface area contributed by atoms with Crippen LogP contribution in [0.1, 0.15) is 23.4 Å². The average Bonchev–Trinajstić information content (AvgIpc) is 3.11. The third kappa shape index (κ3) is 3.50. The SMILES string of the molecule is O=C(NCC1CCN(c2ccccn2)CC1)c1cc2ccccc2o1. The Balaban J connectivity index is 1.29. The van der Waals surface area contributed by atoms with Crippen molar-refractivity contribution in [2.45, 2.75) is 12.8 Å². The van der Waals surface area contributed by atoms with Crippen LogP contribution in [0.3, 0.4) is 0 Å². The minimum Gasteiger partial charge on any atom is -0.451 e. The van der Waals surface area contributed by atoms with Crippen LogP contribution in [0.25, 0.3) is 11.0 Å². The molecule has 2 aromatic heterocycles. The number of carbonyl (C=O) groups excluding carboxylic acids is 1. The lowest BCUT2D eigenvalue weighted by Crippen LogP contribution is -2.38. The highest BCUT2D eigenvalue weighted by molar-refractivity contribution is 5.96. The second-order valence-corrected chi connectivity index (χ2v) is 6.48. The molecule has 0 radical (unpaired) electrons. The summed E-state index contributed by atoms with van der Waals surface area (Å²) in [6.07, 6.45) is 3.93. The van der Waals surface area contributed by atoms with E-state index >= 15 is 0 Å². The molecule has 1 amide bonds. The van der Waals surface area contributed by atoms with E-state index in [4.69, 9.17) is 4.42 Å². The zero-order chi connectivity index (χ0) is 17.1. The largest absolute Gasteiger partial charge is 0.451 e. The maximum Gasteiger partial charge on any atom is 0.287 e. The number of furan rings is 1. The lowest BCUT2D eigenvalue weighted by Gasteiger charge is -2.32. The number of nitrogens with one attached hydrogen (secondary N) is 1. The fourth-order valence-corrected chi connectivity index (χ4v) is 3.32. The van der Waals surface area contributed by atoms with Gasteiger partial charge < -0.3 is 14.6 Å². The summed E-state index contributed by atoms with van der Waals surface area (Å²) in [4.78, 5) is 19.0. The molecule has 25 heavy (non-hydrogen) atoms. The van der Waals surface area contributed by atoms with E-state index in [1.807, 2.05) is 48.7 Å². The number of piperidine rings is 1. The molecule has 1 aromatic carbocycles. The Kier molecular flexibility index (Phi) is 4.37.